The fourth-order valence-electron chi connectivity index (χ4n) is 2.48. The molecule has 0 unspecified atom stereocenters. The molecule has 0 spiro atoms. The summed E-state index contributed by atoms with van der Waals surface area (Å²) in [6.07, 6.45) is 0. The fourth-order valence-corrected chi connectivity index (χ4v) is 2.48. The Morgan fingerprint density at radius 2 is 1.85 bits per heavy atom. The van der Waals surface area contributed by atoms with E-state index in [1.165, 1.54) is 0 Å². The second kappa shape index (κ2) is 5.31. The van der Waals surface area contributed by atoms with Crippen molar-refractivity contribution in [3.05, 3.63) is 17.3 Å². The van der Waals surface area contributed by atoms with Crippen molar-refractivity contribution in [3.8, 4) is 23.3 Å². The molecule has 0 aliphatic rings. The van der Waals surface area contributed by atoms with Crippen molar-refractivity contribution in [1.82, 2.24) is 4.57 Å². The summed E-state index contributed by atoms with van der Waals surface area (Å²) in [4.78, 5) is 0. The maximum absolute atomic E-state index is 9.32. The van der Waals surface area contributed by atoms with Crippen LogP contribution in [0.2, 0.25) is 0 Å². The molecule has 1 aromatic carbocycles. The van der Waals surface area contributed by atoms with Crippen LogP contribution in [0.15, 0.2) is 6.07 Å². The molecule has 0 fully saturated rings. The average Bonchev–Trinajstić information content (AvgIpc) is 2.76. The highest BCUT2D eigenvalue weighted by Crippen LogP contribution is 2.45. The van der Waals surface area contributed by atoms with Crippen molar-refractivity contribution >= 4 is 10.9 Å². The minimum atomic E-state index is 0.242. The SMILES string of the molecule is COc1cc2c(c(CN)c(C#N)n2C)c(OC)c1OC. The van der Waals surface area contributed by atoms with Crippen molar-refractivity contribution in [2.45, 2.75) is 6.54 Å². The molecule has 0 atom stereocenters. The van der Waals surface area contributed by atoms with Gasteiger partial charge in [-0.3, -0.25) is 0 Å². The highest BCUT2D eigenvalue weighted by Gasteiger charge is 2.23. The van der Waals surface area contributed by atoms with Gasteiger partial charge in [0.2, 0.25) is 5.75 Å². The topological polar surface area (TPSA) is 82.4 Å². The summed E-state index contributed by atoms with van der Waals surface area (Å²) in [5.74, 6) is 1.57. The van der Waals surface area contributed by atoms with Crippen LogP contribution in [-0.2, 0) is 13.6 Å². The summed E-state index contributed by atoms with van der Waals surface area (Å²) in [6, 6.07) is 3.99. The number of aromatic nitrogens is 1. The van der Waals surface area contributed by atoms with E-state index in [2.05, 4.69) is 6.07 Å². The second-order valence-electron chi connectivity index (χ2n) is 4.24. The lowest BCUT2D eigenvalue weighted by molar-refractivity contribution is 0.327. The Balaban J connectivity index is 3.02. The Hall–Kier alpha value is -2.39. The van der Waals surface area contributed by atoms with Crippen LogP contribution in [0.5, 0.6) is 17.2 Å². The van der Waals surface area contributed by atoms with Crippen molar-refractivity contribution in [3.63, 3.8) is 0 Å². The molecule has 2 rings (SSSR count). The average molecular weight is 275 g/mol. The Bertz CT molecular complexity index is 698. The summed E-state index contributed by atoms with van der Waals surface area (Å²) in [6.45, 7) is 0.242. The Kier molecular flexibility index (Phi) is 3.72. The molecular formula is C14H17N3O3. The maximum atomic E-state index is 9.32. The molecule has 106 valence electrons. The number of ether oxygens (including phenoxy) is 3. The van der Waals surface area contributed by atoms with E-state index in [4.69, 9.17) is 19.9 Å². The van der Waals surface area contributed by atoms with Crippen molar-refractivity contribution in [2.75, 3.05) is 21.3 Å². The highest BCUT2D eigenvalue weighted by atomic mass is 16.5. The van der Waals surface area contributed by atoms with Crippen LogP contribution in [0.4, 0.5) is 0 Å². The van der Waals surface area contributed by atoms with Gasteiger partial charge in [-0.15, -0.1) is 0 Å². The van der Waals surface area contributed by atoms with Crippen LogP contribution < -0.4 is 19.9 Å². The standard InChI is InChI=1S/C14H17N3O3/c1-17-9-5-11(18-2)13(19-3)14(20-4)12(9)8(6-15)10(17)7-16/h5H,6,15H2,1-4H3. The van der Waals surface area contributed by atoms with Crippen LogP contribution in [-0.4, -0.2) is 25.9 Å². The first-order valence-corrected chi connectivity index (χ1v) is 6.04. The quantitative estimate of drug-likeness (QED) is 0.915. The van der Waals surface area contributed by atoms with Crippen LogP contribution in [0.1, 0.15) is 11.3 Å². The Morgan fingerprint density at radius 3 is 2.30 bits per heavy atom. The molecule has 6 heteroatoms. The van der Waals surface area contributed by atoms with Crippen molar-refractivity contribution in [2.24, 2.45) is 12.8 Å². The van der Waals surface area contributed by atoms with E-state index in [1.807, 2.05) is 13.1 Å². The minimum absolute atomic E-state index is 0.242. The maximum Gasteiger partial charge on any atom is 0.204 e. The van der Waals surface area contributed by atoms with Crippen molar-refractivity contribution < 1.29 is 14.2 Å². The van der Waals surface area contributed by atoms with E-state index < -0.39 is 0 Å². The normalized spacial score (nSPS) is 10.4. The highest BCUT2D eigenvalue weighted by molar-refractivity contribution is 5.96. The van der Waals surface area contributed by atoms with E-state index in [0.717, 1.165) is 16.5 Å². The molecule has 2 N–H and O–H groups in total. The zero-order valence-electron chi connectivity index (χ0n) is 12.0. The molecular weight excluding hydrogens is 258 g/mol. The minimum Gasteiger partial charge on any atom is -0.493 e. The molecule has 6 nitrogen and oxygen atoms in total. The van der Waals surface area contributed by atoms with Crippen molar-refractivity contribution in [1.29, 1.82) is 5.26 Å². The lowest BCUT2D eigenvalue weighted by atomic mass is 10.1. The second-order valence-corrected chi connectivity index (χ2v) is 4.24. The first-order chi connectivity index (χ1) is 9.64. The smallest absolute Gasteiger partial charge is 0.204 e. The van der Waals surface area contributed by atoms with Gasteiger partial charge in [-0.2, -0.15) is 5.26 Å². The first-order valence-electron chi connectivity index (χ1n) is 6.04. The zero-order valence-corrected chi connectivity index (χ0v) is 12.0. The van der Waals surface area contributed by atoms with Gasteiger partial charge in [-0.1, -0.05) is 0 Å². The predicted octanol–water partition coefficient (Wildman–Crippen LogP) is 1.53. The van der Waals surface area contributed by atoms with E-state index in [-0.39, 0.29) is 6.54 Å². The summed E-state index contributed by atoms with van der Waals surface area (Å²) >= 11 is 0. The number of nitrogens with zero attached hydrogens (tertiary/aromatic N) is 2. The van der Waals surface area contributed by atoms with Crippen LogP contribution in [0.25, 0.3) is 10.9 Å². The van der Waals surface area contributed by atoms with Gasteiger partial charge < -0.3 is 24.5 Å². The largest absolute Gasteiger partial charge is 0.493 e. The number of methoxy groups -OCH3 is 3. The van der Waals surface area contributed by atoms with Gasteiger partial charge >= 0.3 is 0 Å². The van der Waals surface area contributed by atoms with Crippen LogP contribution >= 0.6 is 0 Å². The third-order valence-electron chi connectivity index (χ3n) is 3.40. The third kappa shape index (κ3) is 1.75. The van der Waals surface area contributed by atoms with Gasteiger partial charge in [-0.25, -0.2) is 0 Å². The third-order valence-corrected chi connectivity index (χ3v) is 3.40. The molecule has 0 aliphatic heterocycles. The molecule has 0 amide bonds. The number of fused-ring (bicyclic) bond motifs is 1. The predicted molar refractivity (Wildman–Crippen MR) is 75.2 cm³/mol. The van der Waals surface area contributed by atoms with Gasteiger partial charge in [0, 0.05) is 25.2 Å². The van der Waals surface area contributed by atoms with Gasteiger partial charge in [0.05, 0.1) is 32.2 Å². The van der Waals surface area contributed by atoms with E-state index in [1.54, 1.807) is 25.9 Å². The fraction of sp³-hybridized carbons (Fsp3) is 0.357. The Labute approximate surface area is 117 Å². The molecule has 0 aliphatic carbocycles. The molecule has 2 aromatic rings. The Morgan fingerprint density at radius 1 is 1.20 bits per heavy atom. The lowest BCUT2D eigenvalue weighted by Crippen LogP contribution is -2.00. The lowest BCUT2D eigenvalue weighted by Gasteiger charge is -2.14. The molecule has 0 bridgehead atoms. The van der Waals surface area contributed by atoms with Gasteiger partial charge in [0.25, 0.3) is 0 Å². The van der Waals surface area contributed by atoms with E-state index in [9.17, 15) is 5.26 Å². The molecule has 0 saturated carbocycles. The first kappa shape index (κ1) is 14.0. The molecule has 1 aromatic heterocycles. The zero-order chi connectivity index (χ0) is 14.9. The van der Waals surface area contributed by atoms with Gasteiger partial charge in [0.15, 0.2) is 11.5 Å². The van der Waals surface area contributed by atoms with Crippen LogP contribution in [0.3, 0.4) is 0 Å². The number of hydrogen-bond donors (Lipinski definition) is 1. The number of aryl methyl sites for hydroxylation is 1. The summed E-state index contributed by atoms with van der Waals surface area (Å²) in [5.41, 5.74) is 7.86. The summed E-state index contributed by atoms with van der Waals surface area (Å²) in [7, 11) is 6.46. The summed E-state index contributed by atoms with van der Waals surface area (Å²) in [5, 5.41) is 10.1. The van der Waals surface area contributed by atoms with E-state index >= 15 is 0 Å². The molecule has 0 saturated heterocycles. The number of nitrogens with two attached hydrogens (primary N) is 1. The number of rotatable bonds is 4. The monoisotopic (exact) mass is 275 g/mol. The molecule has 20 heavy (non-hydrogen) atoms. The number of benzene rings is 1. The van der Waals surface area contributed by atoms with Gasteiger partial charge in [-0.05, 0) is 0 Å². The van der Waals surface area contributed by atoms with Crippen LogP contribution in [0, 0.1) is 11.3 Å². The summed E-state index contributed by atoms with van der Waals surface area (Å²) < 4.78 is 17.9. The number of nitriles is 1. The molecule has 1 heterocycles. The molecule has 0 radical (unpaired) electrons. The van der Waals surface area contributed by atoms with Gasteiger partial charge in [0.1, 0.15) is 11.8 Å². The van der Waals surface area contributed by atoms with E-state index in [0.29, 0.717) is 22.9 Å². The number of hydrogen-bond acceptors (Lipinski definition) is 5.